The first-order chi connectivity index (χ1) is 10.0. The zero-order valence-corrected chi connectivity index (χ0v) is 11.7. The van der Waals surface area contributed by atoms with Crippen molar-refractivity contribution in [2.75, 3.05) is 24.6 Å². The second-order valence-electron chi connectivity index (χ2n) is 5.23. The van der Waals surface area contributed by atoms with Gasteiger partial charge in [-0.15, -0.1) is 0 Å². The summed E-state index contributed by atoms with van der Waals surface area (Å²) in [6.45, 7) is 3.87. The first kappa shape index (κ1) is 13.8. The summed E-state index contributed by atoms with van der Waals surface area (Å²) in [4.78, 5) is 20.1. The van der Waals surface area contributed by atoms with Crippen molar-refractivity contribution >= 4 is 22.7 Å². The summed E-state index contributed by atoms with van der Waals surface area (Å²) in [5.41, 5.74) is 7.29. The maximum atomic E-state index is 10.8. The molecule has 2 atom stereocenters. The van der Waals surface area contributed by atoms with Gasteiger partial charge in [0.25, 0.3) is 5.69 Å². The summed E-state index contributed by atoms with van der Waals surface area (Å²) in [6.07, 6.45) is -0.0405. The number of hydrogen-bond donors (Lipinski definition) is 2. The van der Waals surface area contributed by atoms with E-state index in [9.17, 15) is 10.1 Å². The number of benzene rings is 1. The third kappa shape index (κ3) is 2.67. The summed E-state index contributed by atoms with van der Waals surface area (Å²) >= 11 is 0. The molecule has 1 saturated heterocycles. The number of nitro groups is 1. The molecule has 0 saturated carbocycles. The number of fused-ring (bicyclic) bond motifs is 1. The first-order valence-corrected chi connectivity index (χ1v) is 6.81. The molecule has 2 unspecified atom stereocenters. The number of H-pyrrole nitrogens is 1. The highest BCUT2D eigenvalue weighted by atomic mass is 16.6. The number of imidazole rings is 1. The molecular weight excluding hydrogens is 274 g/mol. The molecule has 0 aliphatic carbocycles. The molecule has 1 aromatic carbocycles. The van der Waals surface area contributed by atoms with E-state index in [4.69, 9.17) is 10.5 Å². The lowest BCUT2D eigenvalue weighted by atomic mass is 10.1. The minimum absolute atomic E-state index is 0.0405. The van der Waals surface area contributed by atoms with E-state index in [2.05, 4.69) is 14.9 Å². The van der Waals surface area contributed by atoms with Crippen LogP contribution in [0.4, 0.5) is 11.6 Å². The lowest BCUT2D eigenvalue weighted by Crippen LogP contribution is -2.50. The Balaban J connectivity index is 1.88. The van der Waals surface area contributed by atoms with Gasteiger partial charge in [0.15, 0.2) is 0 Å². The minimum atomic E-state index is -0.416. The number of nitro benzene ring substituents is 1. The average Bonchev–Trinajstić information content (AvgIpc) is 2.90. The SMILES string of the molecule is CC(N)C1CN(c2nc3ccc([N+](=O)[O-])cc3[nH]2)CCO1. The van der Waals surface area contributed by atoms with Gasteiger partial charge >= 0.3 is 0 Å². The van der Waals surface area contributed by atoms with Crippen LogP contribution in [0.1, 0.15) is 6.92 Å². The van der Waals surface area contributed by atoms with Crippen LogP contribution in [0.15, 0.2) is 18.2 Å². The summed E-state index contributed by atoms with van der Waals surface area (Å²) in [6, 6.07) is 4.54. The van der Waals surface area contributed by atoms with E-state index < -0.39 is 4.92 Å². The predicted octanol–water partition coefficient (Wildman–Crippen LogP) is 1.02. The molecule has 0 spiro atoms. The van der Waals surface area contributed by atoms with Crippen LogP contribution >= 0.6 is 0 Å². The second-order valence-corrected chi connectivity index (χ2v) is 5.23. The normalized spacial score (nSPS) is 20.7. The molecule has 2 aromatic rings. The summed E-state index contributed by atoms with van der Waals surface area (Å²) in [5.74, 6) is 0.694. The highest BCUT2D eigenvalue weighted by molar-refractivity contribution is 5.80. The molecule has 8 heteroatoms. The predicted molar refractivity (Wildman–Crippen MR) is 78.4 cm³/mol. The number of ether oxygens (including phenoxy) is 1. The van der Waals surface area contributed by atoms with Crippen molar-refractivity contribution in [2.45, 2.75) is 19.1 Å². The maximum Gasteiger partial charge on any atom is 0.271 e. The molecule has 1 aliphatic rings. The number of aromatic amines is 1. The van der Waals surface area contributed by atoms with Crippen molar-refractivity contribution in [3.05, 3.63) is 28.3 Å². The number of nitrogens with two attached hydrogens (primary N) is 1. The largest absolute Gasteiger partial charge is 0.373 e. The van der Waals surface area contributed by atoms with Gasteiger partial charge in [-0.1, -0.05) is 0 Å². The lowest BCUT2D eigenvalue weighted by molar-refractivity contribution is -0.384. The molecule has 8 nitrogen and oxygen atoms in total. The van der Waals surface area contributed by atoms with Gasteiger partial charge in [0.05, 0.1) is 28.7 Å². The molecule has 2 heterocycles. The highest BCUT2D eigenvalue weighted by Crippen LogP contribution is 2.23. The van der Waals surface area contributed by atoms with Gasteiger partial charge in [0.1, 0.15) is 0 Å². The molecule has 1 fully saturated rings. The van der Waals surface area contributed by atoms with E-state index in [0.717, 1.165) is 0 Å². The van der Waals surface area contributed by atoms with Gasteiger partial charge in [-0.05, 0) is 13.0 Å². The zero-order valence-electron chi connectivity index (χ0n) is 11.7. The van der Waals surface area contributed by atoms with E-state index in [1.54, 1.807) is 6.07 Å². The van der Waals surface area contributed by atoms with Crippen LogP contribution in [0.5, 0.6) is 0 Å². The van der Waals surface area contributed by atoms with Crippen molar-refractivity contribution in [3.8, 4) is 0 Å². The topological polar surface area (TPSA) is 110 Å². The Morgan fingerprint density at radius 1 is 1.62 bits per heavy atom. The van der Waals surface area contributed by atoms with E-state index in [1.807, 2.05) is 6.92 Å². The van der Waals surface area contributed by atoms with Crippen molar-refractivity contribution < 1.29 is 9.66 Å². The van der Waals surface area contributed by atoms with Crippen molar-refractivity contribution in [3.63, 3.8) is 0 Å². The number of nitrogens with zero attached hydrogens (tertiary/aromatic N) is 3. The molecule has 3 N–H and O–H groups in total. The molecule has 1 aromatic heterocycles. The fraction of sp³-hybridized carbons (Fsp3) is 0.462. The molecule has 0 bridgehead atoms. The molecule has 3 rings (SSSR count). The quantitative estimate of drug-likeness (QED) is 0.645. The number of nitrogens with one attached hydrogen (secondary N) is 1. The fourth-order valence-electron chi connectivity index (χ4n) is 2.43. The third-order valence-electron chi connectivity index (χ3n) is 3.64. The van der Waals surface area contributed by atoms with Crippen molar-refractivity contribution in [1.29, 1.82) is 0 Å². The summed E-state index contributed by atoms with van der Waals surface area (Å²) in [5, 5.41) is 10.8. The number of aromatic nitrogens is 2. The van der Waals surface area contributed by atoms with E-state index in [-0.39, 0.29) is 17.8 Å². The third-order valence-corrected chi connectivity index (χ3v) is 3.64. The number of morpholine rings is 1. The van der Waals surface area contributed by atoms with Crippen LogP contribution in [0, 0.1) is 10.1 Å². The monoisotopic (exact) mass is 291 g/mol. The van der Waals surface area contributed by atoms with Crippen LogP contribution in [0.3, 0.4) is 0 Å². The average molecular weight is 291 g/mol. The Labute approximate surface area is 121 Å². The van der Waals surface area contributed by atoms with Crippen LogP contribution < -0.4 is 10.6 Å². The molecule has 0 radical (unpaired) electrons. The number of hydrogen-bond acceptors (Lipinski definition) is 6. The van der Waals surface area contributed by atoms with Gasteiger partial charge in [-0.25, -0.2) is 4.98 Å². The fourth-order valence-corrected chi connectivity index (χ4v) is 2.43. The Kier molecular flexibility index (Phi) is 3.48. The van der Waals surface area contributed by atoms with E-state index >= 15 is 0 Å². The van der Waals surface area contributed by atoms with Crippen molar-refractivity contribution in [1.82, 2.24) is 9.97 Å². The van der Waals surface area contributed by atoms with Crippen LogP contribution in [0.2, 0.25) is 0 Å². The van der Waals surface area contributed by atoms with Crippen LogP contribution in [-0.4, -0.2) is 46.7 Å². The lowest BCUT2D eigenvalue weighted by Gasteiger charge is -2.34. The summed E-state index contributed by atoms with van der Waals surface area (Å²) < 4.78 is 5.62. The Bertz CT molecular complexity index is 669. The molecule has 0 amide bonds. The van der Waals surface area contributed by atoms with Gasteiger partial charge in [0, 0.05) is 31.3 Å². The van der Waals surface area contributed by atoms with Crippen LogP contribution in [-0.2, 0) is 4.74 Å². The number of rotatable bonds is 3. The summed E-state index contributed by atoms with van der Waals surface area (Å²) in [7, 11) is 0. The van der Waals surface area contributed by atoms with Gasteiger partial charge in [-0.3, -0.25) is 10.1 Å². The number of non-ortho nitro benzene ring substituents is 1. The molecular formula is C13H17N5O3. The van der Waals surface area contributed by atoms with Crippen molar-refractivity contribution in [2.24, 2.45) is 5.73 Å². The minimum Gasteiger partial charge on any atom is -0.373 e. The standard InChI is InChI=1S/C13H17N5O3/c1-8(14)12-7-17(4-5-21-12)13-15-10-3-2-9(18(19)20)6-11(10)16-13/h2-3,6,8,12H,4-5,7,14H2,1H3,(H,15,16). The highest BCUT2D eigenvalue weighted by Gasteiger charge is 2.25. The second kappa shape index (κ2) is 5.30. The van der Waals surface area contributed by atoms with Gasteiger partial charge < -0.3 is 20.4 Å². The Morgan fingerprint density at radius 3 is 3.14 bits per heavy atom. The Hall–Kier alpha value is -2.19. The Morgan fingerprint density at radius 2 is 2.43 bits per heavy atom. The van der Waals surface area contributed by atoms with Crippen LogP contribution in [0.25, 0.3) is 11.0 Å². The van der Waals surface area contributed by atoms with E-state index in [1.165, 1.54) is 12.1 Å². The molecule has 21 heavy (non-hydrogen) atoms. The molecule has 1 aliphatic heterocycles. The number of anilines is 1. The zero-order chi connectivity index (χ0) is 15.0. The first-order valence-electron chi connectivity index (χ1n) is 6.81. The maximum absolute atomic E-state index is 10.8. The van der Waals surface area contributed by atoms with Gasteiger partial charge in [-0.2, -0.15) is 0 Å². The molecule has 112 valence electrons. The van der Waals surface area contributed by atoms with Gasteiger partial charge in [0.2, 0.25) is 5.95 Å². The smallest absolute Gasteiger partial charge is 0.271 e. The van der Waals surface area contributed by atoms with E-state index in [0.29, 0.717) is 36.7 Å².